The first-order chi connectivity index (χ1) is 14.0. The number of hydrogen-bond donors (Lipinski definition) is 3. The van der Waals surface area contributed by atoms with Crippen molar-refractivity contribution in [3.8, 4) is 0 Å². The van der Waals surface area contributed by atoms with Crippen molar-refractivity contribution < 1.29 is 9.59 Å². The lowest BCUT2D eigenvalue weighted by atomic mass is 10.1. The highest BCUT2D eigenvalue weighted by Gasteiger charge is 2.13. The van der Waals surface area contributed by atoms with Crippen LogP contribution in [0.3, 0.4) is 0 Å². The Balaban J connectivity index is 1.79. The second-order valence-corrected chi connectivity index (χ2v) is 6.94. The number of hydrogen-bond acceptors (Lipinski definition) is 5. The van der Waals surface area contributed by atoms with Gasteiger partial charge < -0.3 is 16.0 Å². The normalized spacial score (nSPS) is 10.9. The second kappa shape index (κ2) is 11.6. The fraction of sp³-hybridized carbons (Fsp3) is 0.364. The average molecular weight is 396 g/mol. The molecule has 3 N–H and O–H groups in total. The second-order valence-electron chi connectivity index (χ2n) is 6.94. The Morgan fingerprint density at radius 3 is 2.69 bits per heavy atom. The number of unbranched alkanes of at least 4 members (excludes halogenated alkanes) is 1. The zero-order valence-corrected chi connectivity index (χ0v) is 17.2. The first-order valence-electron chi connectivity index (χ1n) is 9.84. The van der Waals surface area contributed by atoms with Crippen LogP contribution in [0.4, 0.5) is 5.82 Å². The summed E-state index contributed by atoms with van der Waals surface area (Å²) >= 11 is 0. The third-order valence-electron chi connectivity index (χ3n) is 4.12. The molecule has 7 nitrogen and oxygen atoms in total. The number of nitrogens with one attached hydrogen (secondary N) is 3. The van der Waals surface area contributed by atoms with Gasteiger partial charge in [0, 0.05) is 43.8 Å². The Morgan fingerprint density at radius 1 is 1.17 bits per heavy atom. The van der Waals surface area contributed by atoms with E-state index in [1.807, 2.05) is 32.0 Å². The molecule has 0 aliphatic carbocycles. The Kier molecular flexibility index (Phi) is 8.82. The molecule has 0 saturated heterocycles. The molecule has 0 radical (unpaired) electrons. The van der Waals surface area contributed by atoms with Crippen LogP contribution >= 0.6 is 0 Å². The van der Waals surface area contributed by atoms with E-state index in [1.165, 1.54) is 6.08 Å². The molecule has 0 bridgehead atoms. The summed E-state index contributed by atoms with van der Waals surface area (Å²) in [6.07, 6.45) is 9.17. The summed E-state index contributed by atoms with van der Waals surface area (Å²) in [5.41, 5.74) is 2.35. The Morgan fingerprint density at radius 2 is 2.00 bits per heavy atom. The van der Waals surface area contributed by atoms with Crippen LogP contribution in [0.5, 0.6) is 0 Å². The summed E-state index contributed by atoms with van der Waals surface area (Å²) in [5, 5.41) is 8.75. The minimum absolute atomic E-state index is 0.120. The standard InChI is InChI=1S/C22H29N5O2/c1-16(2)26-21-19(22(29)23-3)11-10-18(27-21)8-4-5-14-25-20(28)12-9-17-7-6-13-24-15-17/h6-7,9-13,15-16H,4-5,8,14H2,1-3H3,(H,23,29)(H,25,28)(H,26,27)/b12-9+. The van der Waals surface area contributed by atoms with Gasteiger partial charge in [-0.15, -0.1) is 0 Å². The summed E-state index contributed by atoms with van der Waals surface area (Å²) in [7, 11) is 1.61. The van der Waals surface area contributed by atoms with Crippen molar-refractivity contribution in [3.63, 3.8) is 0 Å². The minimum Gasteiger partial charge on any atom is -0.367 e. The predicted octanol–water partition coefficient (Wildman–Crippen LogP) is 2.81. The zero-order chi connectivity index (χ0) is 21.1. The number of carbonyl (C=O) groups is 2. The number of anilines is 1. The van der Waals surface area contributed by atoms with Crippen molar-refractivity contribution in [2.24, 2.45) is 0 Å². The van der Waals surface area contributed by atoms with Gasteiger partial charge in [-0.3, -0.25) is 14.6 Å². The van der Waals surface area contributed by atoms with E-state index in [0.717, 1.165) is 30.5 Å². The van der Waals surface area contributed by atoms with Crippen molar-refractivity contribution in [2.45, 2.75) is 39.2 Å². The fourth-order valence-corrected chi connectivity index (χ4v) is 2.69. The average Bonchev–Trinajstić information content (AvgIpc) is 2.72. The molecule has 0 atom stereocenters. The Bertz CT molecular complexity index is 834. The van der Waals surface area contributed by atoms with Crippen LogP contribution in [0.1, 0.15) is 48.3 Å². The van der Waals surface area contributed by atoms with Gasteiger partial charge in [0.2, 0.25) is 5.91 Å². The quantitative estimate of drug-likeness (QED) is 0.425. The lowest BCUT2D eigenvalue weighted by Gasteiger charge is -2.14. The third kappa shape index (κ3) is 7.73. The van der Waals surface area contributed by atoms with Gasteiger partial charge in [-0.05, 0) is 62.9 Å². The minimum atomic E-state index is -0.158. The molecule has 0 spiro atoms. The molecule has 2 aromatic rings. The van der Waals surface area contributed by atoms with Crippen LogP contribution < -0.4 is 16.0 Å². The summed E-state index contributed by atoms with van der Waals surface area (Å²) < 4.78 is 0. The van der Waals surface area contributed by atoms with E-state index >= 15 is 0 Å². The zero-order valence-electron chi connectivity index (χ0n) is 17.2. The SMILES string of the molecule is CNC(=O)c1ccc(CCCCNC(=O)/C=C/c2cccnc2)nc1NC(C)C. The number of amides is 2. The van der Waals surface area contributed by atoms with Crippen LogP contribution in [-0.4, -0.2) is 41.4 Å². The van der Waals surface area contributed by atoms with Gasteiger partial charge in [0.15, 0.2) is 0 Å². The van der Waals surface area contributed by atoms with Gasteiger partial charge >= 0.3 is 0 Å². The molecule has 0 unspecified atom stereocenters. The molecule has 0 aliphatic heterocycles. The number of aryl methyl sites for hydroxylation is 1. The van der Waals surface area contributed by atoms with Crippen LogP contribution in [0.25, 0.3) is 6.08 Å². The lowest BCUT2D eigenvalue weighted by Crippen LogP contribution is -2.23. The molecule has 0 saturated carbocycles. The van der Waals surface area contributed by atoms with Crippen LogP contribution in [0.2, 0.25) is 0 Å². The van der Waals surface area contributed by atoms with E-state index in [0.29, 0.717) is 17.9 Å². The highest BCUT2D eigenvalue weighted by molar-refractivity contribution is 5.98. The first kappa shape index (κ1) is 22.1. The number of carbonyl (C=O) groups excluding carboxylic acids is 2. The molecule has 0 aliphatic rings. The monoisotopic (exact) mass is 395 g/mol. The molecule has 2 heterocycles. The molecule has 2 rings (SSSR count). The molecule has 29 heavy (non-hydrogen) atoms. The Hall–Kier alpha value is -3.22. The number of aromatic nitrogens is 2. The first-order valence-corrected chi connectivity index (χ1v) is 9.84. The molecule has 0 aromatic carbocycles. The molecule has 0 fully saturated rings. The smallest absolute Gasteiger partial charge is 0.254 e. The summed E-state index contributed by atoms with van der Waals surface area (Å²) in [4.78, 5) is 32.4. The van der Waals surface area contributed by atoms with Crippen molar-refractivity contribution in [3.05, 3.63) is 59.6 Å². The van der Waals surface area contributed by atoms with Crippen LogP contribution in [-0.2, 0) is 11.2 Å². The Labute approximate surface area is 172 Å². The number of rotatable bonds is 10. The van der Waals surface area contributed by atoms with E-state index in [9.17, 15) is 9.59 Å². The largest absolute Gasteiger partial charge is 0.367 e. The summed E-state index contributed by atoms with van der Waals surface area (Å²) in [6, 6.07) is 7.58. The highest BCUT2D eigenvalue weighted by atomic mass is 16.2. The van der Waals surface area contributed by atoms with Crippen molar-refractivity contribution in [1.29, 1.82) is 0 Å². The van der Waals surface area contributed by atoms with Crippen molar-refractivity contribution in [2.75, 3.05) is 18.9 Å². The molecule has 2 aromatic heterocycles. The van der Waals surface area contributed by atoms with Crippen LogP contribution in [0.15, 0.2) is 42.7 Å². The molecule has 2 amide bonds. The maximum Gasteiger partial charge on any atom is 0.254 e. The maximum atomic E-state index is 12.0. The van der Waals surface area contributed by atoms with E-state index in [4.69, 9.17) is 0 Å². The van der Waals surface area contributed by atoms with Gasteiger partial charge in [-0.25, -0.2) is 4.98 Å². The van der Waals surface area contributed by atoms with Crippen LogP contribution in [0, 0.1) is 0 Å². The highest BCUT2D eigenvalue weighted by Crippen LogP contribution is 2.16. The topological polar surface area (TPSA) is 96.0 Å². The van der Waals surface area contributed by atoms with E-state index in [2.05, 4.69) is 25.9 Å². The van der Waals surface area contributed by atoms with Gasteiger partial charge in [0.1, 0.15) is 5.82 Å². The molecule has 154 valence electrons. The fourth-order valence-electron chi connectivity index (χ4n) is 2.69. The predicted molar refractivity (Wildman–Crippen MR) is 116 cm³/mol. The molecule has 7 heteroatoms. The molecular formula is C22H29N5O2. The summed E-state index contributed by atoms with van der Waals surface area (Å²) in [5.74, 6) is 0.324. The van der Waals surface area contributed by atoms with E-state index in [-0.39, 0.29) is 17.9 Å². The van der Waals surface area contributed by atoms with Gasteiger partial charge in [0.25, 0.3) is 5.91 Å². The summed E-state index contributed by atoms with van der Waals surface area (Å²) in [6.45, 7) is 4.62. The van der Waals surface area contributed by atoms with Crippen molar-refractivity contribution >= 4 is 23.7 Å². The third-order valence-corrected chi connectivity index (χ3v) is 4.12. The van der Waals surface area contributed by atoms with E-state index in [1.54, 1.807) is 31.6 Å². The lowest BCUT2D eigenvalue weighted by molar-refractivity contribution is -0.116. The number of pyridine rings is 2. The van der Waals surface area contributed by atoms with Gasteiger partial charge in [-0.1, -0.05) is 6.07 Å². The van der Waals surface area contributed by atoms with Crippen molar-refractivity contribution in [1.82, 2.24) is 20.6 Å². The van der Waals surface area contributed by atoms with Gasteiger partial charge in [-0.2, -0.15) is 0 Å². The maximum absolute atomic E-state index is 12.0. The van der Waals surface area contributed by atoms with E-state index < -0.39 is 0 Å². The number of nitrogens with zero attached hydrogens (tertiary/aromatic N) is 2. The van der Waals surface area contributed by atoms with Gasteiger partial charge in [0.05, 0.1) is 5.56 Å². The molecular weight excluding hydrogens is 366 g/mol.